The highest BCUT2D eigenvalue weighted by atomic mass is 16.1. The lowest BCUT2D eigenvalue weighted by Crippen LogP contribution is -2.32. The van der Waals surface area contributed by atoms with Gasteiger partial charge in [0.25, 0.3) is 0 Å². The minimum Gasteiger partial charge on any atom is -0.298 e. The minimum atomic E-state index is 0.230. The van der Waals surface area contributed by atoms with Crippen LogP contribution in [0.3, 0.4) is 0 Å². The first-order valence-corrected chi connectivity index (χ1v) is 10.0. The van der Waals surface area contributed by atoms with Crippen LogP contribution in [0.25, 0.3) is 21.5 Å². The molecule has 1 aliphatic heterocycles. The van der Waals surface area contributed by atoms with Crippen LogP contribution in [0.5, 0.6) is 0 Å². The molecular weight excluding hydrogens is 342 g/mol. The maximum atomic E-state index is 12.8. The van der Waals surface area contributed by atoms with E-state index in [9.17, 15) is 4.79 Å². The first-order chi connectivity index (χ1) is 13.8. The quantitative estimate of drug-likeness (QED) is 0.345. The summed E-state index contributed by atoms with van der Waals surface area (Å²) in [6.45, 7) is 2.81. The number of benzene rings is 4. The van der Waals surface area contributed by atoms with E-state index in [1.54, 1.807) is 0 Å². The Hall–Kier alpha value is -2.97. The van der Waals surface area contributed by atoms with Crippen LogP contribution in [0, 0.1) is 0 Å². The summed E-state index contributed by atoms with van der Waals surface area (Å²) in [6, 6.07) is 27.4. The summed E-state index contributed by atoms with van der Waals surface area (Å²) in [5, 5.41) is 4.82. The zero-order chi connectivity index (χ0) is 18.9. The molecule has 138 valence electrons. The van der Waals surface area contributed by atoms with E-state index < -0.39 is 0 Å². The number of ketones is 1. The van der Waals surface area contributed by atoms with E-state index in [0.717, 1.165) is 37.0 Å². The number of Topliss-reactive ketones (excluding diaryl/α,β-unsaturated/α-hetero) is 1. The molecule has 0 saturated carbocycles. The second kappa shape index (κ2) is 7.21. The number of rotatable bonds is 4. The second-order valence-electron chi connectivity index (χ2n) is 7.69. The lowest BCUT2D eigenvalue weighted by Gasteiger charge is -2.28. The van der Waals surface area contributed by atoms with Gasteiger partial charge in [-0.2, -0.15) is 0 Å². The molecule has 0 amide bonds. The second-order valence-corrected chi connectivity index (χ2v) is 7.69. The third kappa shape index (κ3) is 3.21. The first-order valence-electron chi connectivity index (χ1n) is 10.0. The van der Waals surface area contributed by atoms with E-state index in [0.29, 0.717) is 6.42 Å². The Balaban J connectivity index is 1.32. The van der Waals surface area contributed by atoms with Crippen LogP contribution < -0.4 is 0 Å². The fourth-order valence-electron chi connectivity index (χ4n) is 4.34. The van der Waals surface area contributed by atoms with Crippen molar-refractivity contribution in [1.29, 1.82) is 0 Å². The van der Waals surface area contributed by atoms with E-state index in [-0.39, 0.29) is 5.78 Å². The normalized spacial score (nSPS) is 14.3. The molecular formula is C26H23NO. The molecule has 4 aromatic rings. The maximum Gasteiger partial charge on any atom is 0.164 e. The number of hydrogen-bond donors (Lipinski definition) is 0. The molecule has 0 spiro atoms. The fraction of sp³-hybridized carbons (Fsp3) is 0.192. The van der Waals surface area contributed by atoms with Gasteiger partial charge in [-0.05, 0) is 45.2 Å². The van der Waals surface area contributed by atoms with E-state index in [1.165, 1.54) is 27.3 Å². The van der Waals surface area contributed by atoms with E-state index in [4.69, 9.17) is 0 Å². The lowest BCUT2D eigenvalue weighted by molar-refractivity contribution is 0.0961. The summed E-state index contributed by atoms with van der Waals surface area (Å²) in [5.41, 5.74) is 3.67. The van der Waals surface area contributed by atoms with Gasteiger partial charge in [-0.25, -0.2) is 0 Å². The summed E-state index contributed by atoms with van der Waals surface area (Å²) in [5.74, 6) is 0.230. The molecule has 0 atom stereocenters. The zero-order valence-corrected chi connectivity index (χ0v) is 15.9. The topological polar surface area (TPSA) is 20.3 Å². The molecule has 0 radical (unpaired) electrons. The Morgan fingerprint density at radius 1 is 0.786 bits per heavy atom. The van der Waals surface area contributed by atoms with Crippen LogP contribution in [0.1, 0.15) is 27.9 Å². The van der Waals surface area contributed by atoms with Crippen molar-refractivity contribution in [2.45, 2.75) is 19.4 Å². The molecule has 0 aliphatic carbocycles. The van der Waals surface area contributed by atoms with Crippen molar-refractivity contribution >= 4 is 27.3 Å². The van der Waals surface area contributed by atoms with Crippen molar-refractivity contribution in [2.24, 2.45) is 0 Å². The molecule has 0 unspecified atom stereocenters. The molecule has 0 aromatic heterocycles. The smallest absolute Gasteiger partial charge is 0.164 e. The minimum absolute atomic E-state index is 0.230. The van der Waals surface area contributed by atoms with Crippen LogP contribution in [0.15, 0.2) is 78.9 Å². The van der Waals surface area contributed by atoms with Gasteiger partial charge < -0.3 is 0 Å². The van der Waals surface area contributed by atoms with Gasteiger partial charge in [-0.15, -0.1) is 0 Å². The molecule has 4 aromatic carbocycles. The number of carbonyl (C=O) groups excluding carboxylic acids is 1. The zero-order valence-electron chi connectivity index (χ0n) is 15.9. The Morgan fingerprint density at radius 3 is 2.46 bits per heavy atom. The van der Waals surface area contributed by atoms with Gasteiger partial charge >= 0.3 is 0 Å². The SMILES string of the molecule is O=C(CCN1CCc2ccccc2C1)c1ccc2c(ccc3ccccc32)c1. The van der Waals surface area contributed by atoms with Gasteiger partial charge in [-0.1, -0.05) is 72.8 Å². The van der Waals surface area contributed by atoms with Crippen LogP contribution in [-0.4, -0.2) is 23.8 Å². The first kappa shape index (κ1) is 17.2. The number of nitrogens with zero attached hydrogens (tertiary/aromatic N) is 1. The van der Waals surface area contributed by atoms with Gasteiger partial charge in [0.2, 0.25) is 0 Å². The van der Waals surface area contributed by atoms with Gasteiger partial charge in [0.05, 0.1) is 0 Å². The van der Waals surface area contributed by atoms with Crippen molar-refractivity contribution in [3.05, 3.63) is 95.6 Å². The molecule has 2 heteroatoms. The largest absolute Gasteiger partial charge is 0.298 e. The van der Waals surface area contributed by atoms with E-state index in [2.05, 4.69) is 77.7 Å². The van der Waals surface area contributed by atoms with Gasteiger partial charge in [0, 0.05) is 31.6 Å². The number of carbonyl (C=O) groups is 1. The highest BCUT2D eigenvalue weighted by molar-refractivity contribution is 6.09. The predicted octanol–water partition coefficient (Wildman–Crippen LogP) is 5.62. The summed E-state index contributed by atoms with van der Waals surface area (Å²) in [6.07, 6.45) is 1.65. The summed E-state index contributed by atoms with van der Waals surface area (Å²) >= 11 is 0. The lowest BCUT2D eigenvalue weighted by atomic mass is 9.97. The highest BCUT2D eigenvalue weighted by Gasteiger charge is 2.17. The number of fused-ring (bicyclic) bond motifs is 4. The molecule has 1 heterocycles. The van der Waals surface area contributed by atoms with Gasteiger partial charge in [-0.3, -0.25) is 9.69 Å². The monoisotopic (exact) mass is 365 g/mol. The molecule has 0 saturated heterocycles. The number of hydrogen-bond acceptors (Lipinski definition) is 2. The van der Waals surface area contributed by atoms with E-state index >= 15 is 0 Å². The van der Waals surface area contributed by atoms with Crippen molar-refractivity contribution < 1.29 is 4.79 Å². The third-order valence-electron chi connectivity index (χ3n) is 5.93. The molecule has 0 bridgehead atoms. The molecule has 0 N–H and O–H groups in total. The highest BCUT2D eigenvalue weighted by Crippen LogP contribution is 2.26. The molecule has 0 fully saturated rings. The molecule has 2 nitrogen and oxygen atoms in total. The maximum absolute atomic E-state index is 12.8. The Kier molecular flexibility index (Phi) is 4.42. The van der Waals surface area contributed by atoms with Crippen molar-refractivity contribution in [3.8, 4) is 0 Å². The Labute approximate surface area is 165 Å². The van der Waals surface area contributed by atoms with Crippen molar-refractivity contribution in [3.63, 3.8) is 0 Å². The Morgan fingerprint density at radius 2 is 1.54 bits per heavy atom. The summed E-state index contributed by atoms with van der Waals surface area (Å²) in [7, 11) is 0. The molecule has 1 aliphatic rings. The fourth-order valence-corrected chi connectivity index (χ4v) is 4.34. The third-order valence-corrected chi connectivity index (χ3v) is 5.93. The molecule has 5 rings (SSSR count). The Bertz CT molecular complexity index is 1180. The summed E-state index contributed by atoms with van der Waals surface area (Å²) < 4.78 is 0. The predicted molar refractivity (Wildman–Crippen MR) is 116 cm³/mol. The summed E-state index contributed by atoms with van der Waals surface area (Å²) in [4.78, 5) is 15.2. The van der Waals surface area contributed by atoms with Crippen molar-refractivity contribution in [2.75, 3.05) is 13.1 Å². The van der Waals surface area contributed by atoms with Crippen LogP contribution >= 0.6 is 0 Å². The van der Waals surface area contributed by atoms with Crippen LogP contribution in [0.4, 0.5) is 0 Å². The van der Waals surface area contributed by atoms with Gasteiger partial charge in [0.15, 0.2) is 5.78 Å². The average Bonchev–Trinajstić information content (AvgIpc) is 2.76. The van der Waals surface area contributed by atoms with E-state index in [1.807, 2.05) is 6.07 Å². The van der Waals surface area contributed by atoms with Gasteiger partial charge in [0.1, 0.15) is 0 Å². The van der Waals surface area contributed by atoms with Crippen LogP contribution in [0.2, 0.25) is 0 Å². The van der Waals surface area contributed by atoms with Crippen molar-refractivity contribution in [1.82, 2.24) is 4.90 Å². The van der Waals surface area contributed by atoms with Crippen LogP contribution in [-0.2, 0) is 13.0 Å². The average molecular weight is 365 g/mol. The standard InChI is InChI=1S/C26H23NO/c28-26(14-16-27-15-13-19-5-1-2-7-23(19)18-27)22-11-12-25-21(17-22)10-9-20-6-3-4-8-24(20)25/h1-12,17H,13-16,18H2. The molecule has 28 heavy (non-hydrogen) atoms.